The van der Waals surface area contributed by atoms with Crippen LogP contribution in [0.1, 0.15) is 20.3 Å². The summed E-state index contributed by atoms with van der Waals surface area (Å²) in [5, 5.41) is 15.4. The summed E-state index contributed by atoms with van der Waals surface area (Å²) in [6, 6.07) is 3.97. The zero-order chi connectivity index (χ0) is 11.1. The highest BCUT2D eigenvalue weighted by Gasteiger charge is 2.04. The molecule has 1 aromatic rings. The zero-order valence-electron chi connectivity index (χ0n) is 9.33. The van der Waals surface area contributed by atoms with E-state index in [1.807, 2.05) is 26.0 Å². The van der Waals surface area contributed by atoms with E-state index in [1.165, 1.54) is 0 Å². The average Bonchev–Trinajstić information content (AvgIpc) is 2.28. The minimum absolute atomic E-state index is 0.0856. The number of aliphatic hydroxyl groups is 1. The first-order valence-corrected chi connectivity index (χ1v) is 5.37. The summed E-state index contributed by atoms with van der Waals surface area (Å²) in [6.07, 6.45) is 2.67. The van der Waals surface area contributed by atoms with Gasteiger partial charge in [-0.1, -0.05) is 6.92 Å². The first-order valence-electron chi connectivity index (χ1n) is 5.37. The number of aliphatic hydroxyl groups excluding tert-OH is 1. The first-order chi connectivity index (χ1) is 7.30. The summed E-state index contributed by atoms with van der Waals surface area (Å²) in [7, 11) is 0. The molecule has 0 fully saturated rings. The highest BCUT2D eigenvalue weighted by Crippen LogP contribution is 2.10. The van der Waals surface area contributed by atoms with E-state index in [0.717, 1.165) is 24.5 Å². The van der Waals surface area contributed by atoms with Gasteiger partial charge in [-0.2, -0.15) is 0 Å². The van der Waals surface area contributed by atoms with E-state index >= 15 is 0 Å². The van der Waals surface area contributed by atoms with E-state index in [4.69, 9.17) is 5.11 Å². The summed E-state index contributed by atoms with van der Waals surface area (Å²) in [5.74, 6) is 0.803. The summed E-state index contributed by atoms with van der Waals surface area (Å²) >= 11 is 0. The van der Waals surface area contributed by atoms with Crippen LogP contribution in [0.25, 0.3) is 0 Å². The molecule has 0 aliphatic carbocycles. The Balaban J connectivity index is 2.55. The molecule has 0 saturated carbocycles. The fourth-order valence-electron chi connectivity index (χ4n) is 1.27. The lowest BCUT2D eigenvalue weighted by Crippen LogP contribution is -2.23. The summed E-state index contributed by atoms with van der Waals surface area (Å²) in [5.41, 5.74) is 1.01. The van der Waals surface area contributed by atoms with Gasteiger partial charge in [0.15, 0.2) is 0 Å². The fourth-order valence-corrected chi connectivity index (χ4v) is 1.27. The Morgan fingerprint density at radius 1 is 1.40 bits per heavy atom. The number of rotatable bonds is 6. The van der Waals surface area contributed by atoms with Crippen LogP contribution in [0.2, 0.25) is 0 Å². The molecule has 15 heavy (non-hydrogen) atoms. The number of hydrogen-bond donors (Lipinski definition) is 3. The molecular weight excluding hydrogens is 190 g/mol. The molecule has 1 aromatic heterocycles. The average molecular weight is 209 g/mol. The molecule has 0 aliphatic heterocycles. The Hall–Kier alpha value is -1.29. The third kappa shape index (κ3) is 3.75. The highest BCUT2D eigenvalue weighted by molar-refractivity contribution is 5.47. The van der Waals surface area contributed by atoms with Crippen LogP contribution >= 0.6 is 0 Å². The largest absolute Gasteiger partial charge is 0.394 e. The summed E-state index contributed by atoms with van der Waals surface area (Å²) in [4.78, 5) is 4.25. The van der Waals surface area contributed by atoms with Crippen LogP contribution < -0.4 is 10.6 Å². The maximum Gasteiger partial charge on any atom is 0.126 e. The second kappa shape index (κ2) is 6.24. The van der Waals surface area contributed by atoms with Crippen molar-refractivity contribution in [2.45, 2.75) is 26.3 Å². The number of nitrogens with zero attached hydrogens (tertiary/aromatic N) is 1. The molecule has 0 aliphatic rings. The molecule has 84 valence electrons. The van der Waals surface area contributed by atoms with Crippen molar-refractivity contribution in [1.29, 1.82) is 0 Å². The molecule has 1 rings (SSSR count). The van der Waals surface area contributed by atoms with Gasteiger partial charge in [0.1, 0.15) is 5.82 Å². The molecule has 4 nitrogen and oxygen atoms in total. The number of anilines is 2. The van der Waals surface area contributed by atoms with E-state index in [1.54, 1.807) is 6.20 Å². The standard InChI is InChI=1S/C11H19N3O/c1-3-9(8-15)14-11-6-5-10(7-13-11)12-4-2/h5-7,9,12,15H,3-4,8H2,1-2H3,(H,13,14). The van der Waals surface area contributed by atoms with Gasteiger partial charge in [-0.3, -0.25) is 0 Å². The van der Waals surface area contributed by atoms with Gasteiger partial charge in [-0.25, -0.2) is 4.98 Å². The van der Waals surface area contributed by atoms with Crippen LogP contribution in [0.3, 0.4) is 0 Å². The molecule has 0 bridgehead atoms. The molecule has 0 amide bonds. The van der Waals surface area contributed by atoms with E-state index in [9.17, 15) is 0 Å². The predicted octanol–water partition coefficient (Wildman–Crippen LogP) is 1.70. The van der Waals surface area contributed by atoms with Crippen molar-refractivity contribution < 1.29 is 5.11 Å². The van der Waals surface area contributed by atoms with Gasteiger partial charge in [0.2, 0.25) is 0 Å². The smallest absolute Gasteiger partial charge is 0.126 e. The lowest BCUT2D eigenvalue weighted by atomic mass is 10.2. The van der Waals surface area contributed by atoms with Crippen LogP contribution in [0.15, 0.2) is 18.3 Å². The van der Waals surface area contributed by atoms with Crippen molar-refractivity contribution >= 4 is 11.5 Å². The zero-order valence-corrected chi connectivity index (χ0v) is 9.33. The minimum atomic E-state index is 0.0856. The predicted molar refractivity (Wildman–Crippen MR) is 63.2 cm³/mol. The van der Waals surface area contributed by atoms with Crippen molar-refractivity contribution in [2.24, 2.45) is 0 Å². The van der Waals surface area contributed by atoms with E-state index in [-0.39, 0.29) is 12.6 Å². The normalized spacial score (nSPS) is 12.2. The van der Waals surface area contributed by atoms with E-state index < -0.39 is 0 Å². The van der Waals surface area contributed by atoms with E-state index in [0.29, 0.717) is 0 Å². The van der Waals surface area contributed by atoms with Crippen LogP contribution in [0.5, 0.6) is 0 Å². The summed E-state index contributed by atoms with van der Waals surface area (Å²) in [6.45, 7) is 5.10. The maximum absolute atomic E-state index is 9.02. The van der Waals surface area contributed by atoms with Gasteiger partial charge < -0.3 is 15.7 Å². The Morgan fingerprint density at radius 3 is 2.67 bits per heavy atom. The molecule has 0 saturated heterocycles. The lowest BCUT2D eigenvalue weighted by Gasteiger charge is -2.14. The maximum atomic E-state index is 9.02. The monoisotopic (exact) mass is 209 g/mol. The number of aromatic nitrogens is 1. The Morgan fingerprint density at radius 2 is 2.20 bits per heavy atom. The second-order valence-electron chi connectivity index (χ2n) is 3.39. The lowest BCUT2D eigenvalue weighted by molar-refractivity contribution is 0.271. The van der Waals surface area contributed by atoms with Gasteiger partial charge in [0, 0.05) is 6.54 Å². The summed E-state index contributed by atoms with van der Waals surface area (Å²) < 4.78 is 0. The highest BCUT2D eigenvalue weighted by atomic mass is 16.3. The first kappa shape index (κ1) is 11.8. The molecule has 0 aromatic carbocycles. The van der Waals surface area contributed by atoms with Crippen LogP contribution in [-0.4, -0.2) is 29.3 Å². The molecule has 4 heteroatoms. The van der Waals surface area contributed by atoms with Crippen LogP contribution in [-0.2, 0) is 0 Å². The van der Waals surface area contributed by atoms with E-state index in [2.05, 4.69) is 15.6 Å². The van der Waals surface area contributed by atoms with Gasteiger partial charge in [-0.05, 0) is 25.5 Å². The quantitative estimate of drug-likeness (QED) is 0.667. The Labute approximate surface area is 90.7 Å². The van der Waals surface area contributed by atoms with Crippen molar-refractivity contribution in [1.82, 2.24) is 4.98 Å². The molecule has 3 N–H and O–H groups in total. The second-order valence-corrected chi connectivity index (χ2v) is 3.39. The third-order valence-corrected chi connectivity index (χ3v) is 2.21. The number of nitrogens with one attached hydrogen (secondary N) is 2. The van der Waals surface area contributed by atoms with Crippen molar-refractivity contribution in [3.05, 3.63) is 18.3 Å². The fraction of sp³-hybridized carbons (Fsp3) is 0.545. The third-order valence-electron chi connectivity index (χ3n) is 2.21. The number of hydrogen-bond acceptors (Lipinski definition) is 4. The van der Waals surface area contributed by atoms with Gasteiger partial charge in [0.05, 0.1) is 24.5 Å². The molecule has 0 spiro atoms. The molecule has 1 heterocycles. The number of pyridine rings is 1. The molecular formula is C11H19N3O. The Kier molecular flexibility index (Phi) is 4.90. The SMILES string of the molecule is CCNc1ccc(NC(CC)CO)nc1. The van der Waals surface area contributed by atoms with Gasteiger partial charge in [-0.15, -0.1) is 0 Å². The minimum Gasteiger partial charge on any atom is -0.394 e. The van der Waals surface area contributed by atoms with Gasteiger partial charge >= 0.3 is 0 Å². The van der Waals surface area contributed by atoms with Crippen molar-refractivity contribution in [2.75, 3.05) is 23.8 Å². The van der Waals surface area contributed by atoms with Crippen molar-refractivity contribution in [3.63, 3.8) is 0 Å². The van der Waals surface area contributed by atoms with Crippen LogP contribution in [0, 0.1) is 0 Å². The molecule has 1 atom stereocenters. The Bertz CT molecular complexity index is 270. The molecule has 1 unspecified atom stereocenters. The molecule has 0 radical (unpaired) electrons. The van der Waals surface area contributed by atoms with Gasteiger partial charge in [0.25, 0.3) is 0 Å². The van der Waals surface area contributed by atoms with Crippen LogP contribution in [0.4, 0.5) is 11.5 Å². The van der Waals surface area contributed by atoms with Crippen molar-refractivity contribution in [3.8, 4) is 0 Å². The topological polar surface area (TPSA) is 57.2 Å².